The van der Waals surface area contributed by atoms with Crippen LogP contribution in [0.4, 0.5) is 13.2 Å². The number of hydrogen-bond acceptors (Lipinski definition) is 4. The molecule has 0 amide bonds. The number of ether oxygens (including phenoxy) is 1. The summed E-state index contributed by atoms with van der Waals surface area (Å²) in [5.74, 6) is 0.673. The molecule has 0 spiro atoms. The van der Waals surface area contributed by atoms with Gasteiger partial charge in [-0.1, -0.05) is 0 Å². The first-order valence-corrected chi connectivity index (χ1v) is 8.85. The van der Waals surface area contributed by atoms with Gasteiger partial charge in [0.1, 0.15) is 0 Å². The molecule has 1 rings (SSSR count). The SMILES string of the molecule is CCNC(=NCCN(C)CCCOC)NC1CCN(CC(F)(F)F)C1. The minimum absolute atomic E-state index is 0.000387. The maximum atomic E-state index is 12.5. The molecule has 1 fully saturated rings. The van der Waals surface area contributed by atoms with Gasteiger partial charge in [0.25, 0.3) is 0 Å². The van der Waals surface area contributed by atoms with Crippen LogP contribution in [0.5, 0.6) is 0 Å². The molecule has 0 saturated carbocycles. The number of halogens is 3. The first-order chi connectivity index (χ1) is 11.8. The van der Waals surface area contributed by atoms with Gasteiger partial charge in [-0.15, -0.1) is 0 Å². The zero-order valence-corrected chi connectivity index (χ0v) is 15.5. The quantitative estimate of drug-likeness (QED) is 0.345. The van der Waals surface area contributed by atoms with E-state index in [2.05, 4.69) is 20.5 Å². The Bertz CT molecular complexity index is 392. The summed E-state index contributed by atoms with van der Waals surface area (Å²) in [6.07, 6.45) is -2.47. The molecule has 0 aliphatic carbocycles. The van der Waals surface area contributed by atoms with Crippen LogP contribution in [0.3, 0.4) is 0 Å². The Kier molecular flexibility index (Phi) is 10.1. The van der Waals surface area contributed by atoms with E-state index in [-0.39, 0.29) is 6.04 Å². The Labute approximate surface area is 148 Å². The second-order valence-electron chi connectivity index (χ2n) is 6.39. The van der Waals surface area contributed by atoms with Gasteiger partial charge in [-0.2, -0.15) is 13.2 Å². The predicted molar refractivity (Wildman–Crippen MR) is 94.0 cm³/mol. The van der Waals surface area contributed by atoms with Crippen molar-refractivity contribution in [1.82, 2.24) is 20.4 Å². The van der Waals surface area contributed by atoms with Gasteiger partial charge >= 0.3 is 6.18 Å². The molecule has 6 nitrogen and oxygen atoms in total. The van der Waals surface area contributed by atoms with Gasteiger partial charge in [0.15, 0.2) is 5.96 Å². The van der Waals surface area contributed by atoms with Gasteiger partial charge in [0, 0.05) is 52.5 Å². The molecule has 1 atom stereocenters. The zero-order valence-electron chi connectivity index (χ0n) is 15.5. The minimum Gasteiger partial charge on any atom is -0.385 e. The molecule has 1 aliphatic rings. The number of nitrogens with one attached hydrogen (secondary N) is 2. The smallest absolute Gasteiger partial charge is 0.385 e. The summed E-state index contributed by atoms with van der Waals surface area (Å²) in [4.78, 5) is 8.15. The Balaban J connectivity index is 2.36. The third-order valence-corrected chi connectivity index (χ3v) is 4.00. The lowest BCUT2D eigenvalue weighted by atomic mass is 10.3. The van der Waals surface area contributed by atoms with Crippen molar-refractivity contribution in [2.24, 2.45) is 4.99 Å². The van der Waals surface area contributed by atoms with E-state index in [0.717, 1.165) is 26.1 Å². The number of methoxy groups -OCH3 is 1. The van der Waals surface area contributed by atoms with Gasteiger partial charge in [0.05, 0.1) is 13.1 Å². The van der Waals surface area contributed by atoms with E-state index in [9.17, 15) is 13.2 Å². The molecule has 0 bridgehead atoms. The van der Waals surface area contributed by atoms with Crippen molar-refractivity contribution in [3.05, 3.63) is 0 Å². The Morgan fingerprint density at radius 2 is 2.12 bits per heavy atom. The lowest BCUT2D eigenvalue weighted by Gasteiger charge is -2.20. The van der Waals surface area contributed by atoms with Crippen LogP contribution in [0, 0.1) is 0 Å². The van der Waals surface area contributed by atoms with Crippen molar-refractivity contribution in [1.29, 1.82) is 0 Å². The number of alkyl halides is 3. The van der Waals surface area contributed by atoms with Crippen LogP contribution < -0.4 is 10.6 Å². The number of guanidine groups is 1. The van der Waals surface area contributed by atoms with E-state index in [4.69, 9.17) is 4.74 Å². The summed E-state index contributed by atoms with van der Waals surface area (Å²) in [6, 6.07) is -0.000387. The number of likely N-dealkylation sites (tertiary alicyclic amines) is 1. The number of rotatable bonds is 10. The van der Waals surface area contributed by atoms with E-state index in [1.165, 1.54) is 4.90 Å². The molecule has 1 heterocycles. The molecule has 148 valence electrons. The van der Waals surface area contributed by atoms with Crippen molar-refractivity contribution in [3.8, 4) is 0 Å². The summed E-state index contributed by atoms with van der Waals surface area (Å²) < 4.78 is 42.4. The lowest BCUT2D eigenvalue weighted by molar-refractivity contribution is -0.143. The van der Waals surface area contributed by atoms with Gasteiger partial charge in [-0.05, 0) is 26.8 Å². The second-order valence-corrected chi connectivity index (χ2v) is 6.39. The highest BCUT2D eigenvalue weighted by molar-refractivity contribution is 5.80. The second kappa shape index (κ2) is 11.5. The highest BCUT2D eigenvalue weighted by Gasteiger charge is 2.34. The molecule has 1 unspecified atom stereocenters. The highest BCUT2D eigenvalue weighted by Crippen LogP contribution is 2.19. The summed E-state index contributed by atoms with van der Waals surface area (Å²) in [6.45, 7) is 5.84. The molecule has 0 aromatic carbocycles. The van der Waals surface area contributed by atoms with Crippen molar-refractivity contribution in [2.75, 3.05) is 66.6 Å². The number of hydrogen-bond donors (Lipinski definition) is 2. The van der Waals surface area contributed by atoms with Gasteiger partial charge in [-0.25, -0.2) is 0 Å². The summed E-state index contributed by atoms with van der Waals surface area (Å²) in [7, 11) is 3.73. The zero-order chi connectivity index (χ0) is 18.7. The molecule has 0 radical (unpaired) electrons. The molecule has 25 heavy (non-hydrogen) atoms. The fourth-order valence-electron chi connectivity index (χ4n) is 2.78. The average molecular weight is 367 g/mol. The van der Waals surface area contributed by atoms with Crippen LogP contribution in [-0.4, -0.2) is 94.6 Å². The van der Waals surface area contributed by atoms with Crippen molar-refractivity contribution in [3.63, 3.8) is 0 Å². The third-order valence-electron chi connectivity index (χ3n) is 4.00. The Morgan fingerprint density at radius 3 is 2.76 bits per heavy atom. The fourth-order valence-corrected chi connectivity index (χ4v) is 2.78. The largest absolute Gasteiger partial charge is 0.401 e. The van der Waals surface area contributed by atoms with Crippen molar-refractivity contribution < 1.29 is 17.9 Å². The van der Waals surface area contributed by atoms with Crippen LogP contribution in [-0.2, 0) is 4.74 Å². The van der Waals surface area contributed by atoms with E-state index >= 15 is 0 Å². The number of nitrogens with zero attached hydrogens (tertiary/aromatic N) is 3. The maximum absolute atomic E-state index is 12.5. The first-order valence-electron chi connectivity index (χ1n) is 8.85. The standard InChI is InChI=1S/C16H32F3N5O/c1-4-20-15(21-7-10-23(2)8-5-11-25-3)22-14-6-9-24(12-14)13-16(17,18)19/h14H,4-13H2,1-3H3,(H2,20,21,22). The molecule has 1 saturated heterocycles. The molecular weight excluding hydrogens is 335 g/mol. The fraction of sp³-hybridized carbons (Fsp3) is 0.938. The van der Waals surface area contributed by atoms with Crippen LogP contribution in [0.25, 0.3) is 0 Å². The van der Waals surface area contributed by atoms with E-state index in [0.29, 0.717) is 38.6 Å². The molecule has 0 aromatic rings. The summed E-state index contributed by atoms with van der Waals surface area (Å²) in [5.41, 5.74) is 0. The van der Waals surface area contributed by atoms with E-state index < -0.39 is 12.7 Å². The maximum Gasteiger partial charge on any atom is 0.401 e. The first kappa shape index (κ1) is 22.0. The van der Waals surface area contributed by atoms with Crippen LogP contribution in [0.15, 0.2) is 4.99 Å². The average Bonchev–Trinajstić information content (AvgIpc) is 2.92. The Morgan fingerprint density at radius 1 is 1.36 bits per heavy atom. The van der Waals surface area contributed by atoms with E-state index in [1.807, 2.05) is 14.0 Å². The monoisotopic (exact) mass is 367 g/mol. The van der Waals surface area contributed by atoms with Crippen molar-refractivity contribution >= 4 is 5.96 Å². The molecule has 9 heteroatoms. The number of aliphatic imine (C=N–C) groups is 1. The molecule has 1 aliphatic heterocycles. The minimum atomic E-state index is -4.14. The third kappa shape index (κ3) is 10.5. The molecule has 2 N–H and O–H groups in total. The summed E-state index contributed by atoms with van der Waals surface area (Å²) in [5, 5.41) is 6.41. The van der Waals surface area contributed by atoms with Crippen LogP contribution in [0.1, 0.15) is 19.8 Å². The Hall–Kier alpha value is -1.06. The van der Waals surface area contributed by atoms with Crippen LogP contribution in [0.2, 0.25) is 0 Å². The van der Waals surface area contributed by atoms with Gasteiger partial charge in [0.2, 0.25) is 0 Å². The lowest BCUT2D eigenvalue weighted by Crippen LogP contribution is -2.45. The highest BCUT2D eigenvalue weighted by atomic mass is 19.4. The van der Waals surface area contributed by atoms with E-state index in [1.54, 1.807) is 7.11 Å². The van der Waals surface area contributed by atoms with Crippen LogP contribution >= 0.6 is 0 Å². The van der Waals surface area contributed by atoms with Crippen molar-refractivity contribution in [2.45, 2.75) is 32.0 Å². The van der Waals surface area contributed by atoms with Gasteiger partial charge < -0.3 is 20.3 Å². The molecular formula is C16H32F3N5O. The topological polar surface area (TPSA) is 52.1 Å². The van der Waals surface area contributed by atoms with Gasteiger partial charge in [-0.3, -0.25) is 9.89 Å². The summed E-state index contributed by atoms with van der Waals surface area (Å²) >= 11 is 0. The molecule has 0 aromatic heterocycles. The number of likely N-dealkylation sites (N-methyl/N-ethyl adjacent to an activating group) is 1. The predicted octanol–water partition coefficient (Wildman–Crippen LogP) is 1.15. The normalized spacial score (nSPS) is 19.6.